The molecule has 15 heavy (non-hydrogen) atoms. The highest BCUT2D eigenvalue weighted by Gasteiger charge is 2.38. The first kappa shape index (κ1) is 13.6. The molecule has 0 aromatic rings. The summed E-state index contributed by atoms with van der Waals surface area (Å²) in [5, 5.41) is 0. The Morgan fingerprint density at radius 3 is 2.20 bits per heavy atom. The van der Waals surface area contributed by atoms with Crippen LogP contribution in [0.15, 0.2) is 0 Å². The van der Waals surface area contributed by atoms with Crippen molar-refractivity contribution in [3.05, 3.63) is 0 Å². The Morgan fingerprint density at radius 1 is 1.07 bits per heavy atom. The Hall–Kier alpha value is 0.520. The van der Waals surface area contributed by atoms with Gasteiger partial charge < -0.3 is 4.90 Å². The van der Waals surface area contributed by atoms with Crippen molar-refractivity contribution in [2.45, 2.75) is 29.2 Å². The van der Waals surface area contributed by atoms with Crippen LogP contribution in [0.4, 0.5) is 0 Å². The summed E-state index contributed by atoms with van der Waals surface area (Å²) in [7, 11) is 0. The van der Waals surface area contributed by atoms with Gasteiger partial charge in [0.1, 0.15) is 0 Å². The minimum absolute atomic E-state index is 0.110. The van der Waals surface area contributed by atoms with Crippen molar-refractivity contribution in [2.24, 2.45) is 0 Å². The predicted octanol–water partition coefficient (Wildman–Crippen LogP) is 3.09. The average molecular weight is 265 g/mol. The molecule has 0 aromatic carbocycles. The molecule has 0 aliphatic carbocycles. The van der Waals surface area contributed by atoms with Crippen LogP contribution < -0.4 is 0 Å². The Morgan fingerprint density at radius 2 is 1.67 bits per heavy atom. The SMILES string of the molecule is CSC(SC)(SC)N1CCCCCC1=O. The van der Waals surface area contributed by atoms with E-state index in [1.165, 1.54) is 6.42 Å². The Labute approximate surface area is 105 Å². The number of hydrogen-bond acceptors (Lipinski definition) is 4. The predicted molar refractivity (Wildman–Crippen MR) is 73.5 cm³/mol. The van der Waals surface area contributed by atoms with Gasteiger partial charge in [-0.05, 0) is 31.6 Å². The number of rotatable bonds is 4. The Kier molecular flexibility index (Phi) is 5.71. The molecule has 1 heterocycles. The summed E-state index contributed by atoms with van der Waals surface area (Å²) in [4.78, 5) is 14.1. The van der Waals surface area contributed by atoms with Gasteiger partial charge in [0.2, 0.25) is 5.91 Å². The van der Waals surface area contributed by atoms with E-state index < -0.39 is 0 Å². The standard InChI is InChI=1S/C10H19NOS3/c1-13-10(14-2,15-3)11-8-6-4-5-7-9(11)12/h4-8H2,1-3H3. The molecule has 1 aliphatic rings. The zero-order chi connectivity index (χ0) is 11.3. The minimum atomic E-state index is -0.110. The first-order chi connectivity index (χ1) is 7.20. The van der Waals surface area contributed by atoms with Crippen LogP contribution >= 0.6 is 35.3 Å². The number of likely N-dealkylation sites (tertiary alicyclic amines) is 1. The Bertz CT molecular complexity index is 210. The van der Waals surface area contributed by atoms with Crippen molar-refractivity contribution < 1.29 is 4.79 Å². The molecule has 1 rings (SSSR count). The molecule has 0 N–H and O–H groups in total. The normalized spacial score (nSPS) is 19.1. The summed E-state index contributed by atoms with van der Waals surface area (Å²) < 4.78 is -0.110. The summed E-state index contributed by atoms with van der Waals surface area (Å²) >= 11 is 5.30. The molecule has 1 saturated heterocycles. The lowest BCUT2D eigenvalue weighted by atomic mass is 10.2. The van der Waals surface area contributed by atoms with Gasteiger partial charge in [-0.2, -0.15) is 0 Å². The molecule has 0 spiro atoms. The van der Waals surface area contributed by atoms with Gasteiger partial charge in [-0.25, -0.2) is 0 Å². The van der Waals surface area contributed by atoms with Gasteiger partial charge in [0, 0.05) is 13.0 Å². The van der Waals surface area contributed by atoms with E-state index >= 15 is 0 Å². The molecule has 5 heteroatoms. The van der Waals surface area contributed by atoms with E-state index in [9.17, 15) is 4.79 Å². The fraction of sp³-hybridized carbons (Fsp3) is 0.900. The fourth-order valence-corrected chi connectivity index (χ4v) is 5.09. The number of hydrogen-bond donors (Lipinski definition) is 0. The summed E-state index contributed by atoms with van der Waals surface area (Å²) in [5.41, 5.74) is 0. The second-order valence-electron chi connectivity index (χ2n) is 3.49. The average Bonchev–Trinajstić information content (AvgIpc) is 2.48. The lowest BCUT2D eigenvalue weighted by Crippen LogP contribution is -2.44. The second kappa shape index (κ2) is 6.30. The maximum atomic E-state index is 12.0. The van der Waals surface area contributed by atoms with Crippen LogP contribution in [0.3, 0.4) is 0 Å². The van der Waals surface area contributed by atoms with Gasteiger partial charge in [-0.3, -0.25) is 4.79 Å². The van der Waals surface area contributed by atoms with Crippen LogP contribution in [0.5, 0.6) is 0 Å². The summed E-state index contributed by atoms with van der Waals surface area (Å²) in [6.45, 7) is 0.918. The molecular weight excluding hydrogens is 246 g/mol. The van der Waals surface area contributed by atoms with E-state index in [-0.39, 0.29) is 3.54 Å². The maximum absolute atomic E-state index is 12.0. The molecule has 0 aromatic heterocycles. The van der Waals surface area contributed by atoms with Crippen molar-refractivity contribution in [1.29, 1.82) is 0 Å². The molecule has 0 unspecified atom stereocenters. The quantitative estimate of drug-likeness (QED) is 0.728. The van der Waals surface area contributed by atoms with E-state index in [1.807, 2.05) is 0 Å². The third kappa shape index (κ3) is 3.01. The summed E-state index contributed by atoms with van der Waals surface area (Å²) in [5.74, 6) is 0.325. The molecule has 2 nitrogen and oxygen atoms in total. The fourth-order valence-electron chi connectivity index (χ4n) is 1.85. The number of carbonyl (C=O) groups excluding carboxylic acids is 1. The molecule has 1 aliphatic heterocycles. The largest absolute Gasteiger partial charge is 0.310 e. The van der Waals surface area contributed by atoms with E-state index in [2.05, 4.69) is 23.7 Å². The molecule has 88 valence electrons. The van der Waals surface area contributed by atoms with Crippen LogP contribution in [0.2, 0.25) is 0 Å². The van der Waals surface area contributed by atoms with Crippen molar-refractivity contribution in [1.82, 2.24) is 4.90 Å². The van der Waals surface area contributed by atoms with E-state index in [0.29, 0.717) is 5.91 Å². The molecule has 0 saturated carbocycles. The molecule has 0 radical (unpaired) electrons. The van der Waals surface area contributed by atoms with Crippen molar-refractivity contribution >= 4 is 41.2 Å². The van der Waals surface area contributed by atoms with Crippen molar-refractivity contribution in [2.75, 3.05) is 25.3 Å². The van der Waals surface area contributed by atoms with Crippen LogP contribution in [-0.4, -0.2) is 39.7 Å². The van der Waals surface area contributed by atoms with Gasteiger partial charge in [0.25, 0.3) is 0 Å². The molecular formula is C10H19NOS3. The van der Waals surface area contributed by atoms with Crippen LogP contribution in [-0.2, 0) is 4.79 Å². The van der Waals surface area contributed by atoms with E-state index in [1.54, 1.807) is 35.3 Å². The smallest absolute Gasteiger partial charge is 0.224 e. The number of thioether (sulfide) groups is 3. The van der Waals surface area contributed by atoms with E-state index in [4.69, 9.17) is 0 Å². The molecule has 1 amide bonds. The number of carbonyl (C=O) groups is 1. The van der Waals surface area contributed by atoms with Crippen LogP contribution in [0.25, 0.3) is 0 Å². The van der Waals surface area contributed by atoms with Gasteiger partial charge >= 0.3 is 0 Å². The van der Waals surface area contributed by atoms with Gasteiger partial charge in [0.15, 0.2) is 3.54 Å². The van der Waals surface area contributed by atoms with Crippen LogP contribution in [0.1, 0.15) is 25.7 Å². The first-order valence-corrected chi connectivity index (χ1v) is 8.83. The Balaban J connectivity index is 2.84. The highest BCUT2D eigenvalue weighted by Crippen LogP contribution is 2.46. The monoisotopic (exact) mass is 265 g/mol. The van der Waals surface area contributed by atoms with Crippen molar-refractivity contribution in [3.63, 3.8) is 0 Å². The maximum Gasteiger partial charge on any atom is 0.224 e. The topological polar surface area (TPSA) is 20.3 Å². The minimum Gasteiger partial charge on any atom is -0.310 e. The summed E-state index contributed by atoms with van der Waals surface area (Å²) in [6, 6.07) is 0. The zero-order valence-electron chi connectivity index (χ0n) is 9.62. The van der Waals surface area contributed by atoms with Gasteiger partial charge in [0.05, 0.1) is 0 Å². The van der Waals surface area contributed by atoms with E-state index in [0.717, 1.165) is 25.8 Å². The van der Waals surface area contributed by atoms with Gasteiger partial charge in [-0.15, -0.1) is 35.3 Å². The highest BCUT2D eigenvalue weighted by molar-refractivity contribution is 8.33. The molecule has 1 fully saturated rings. The molecule has 0 atom stereocenters. The molecule has 0 bridgehead atoms. The summed E-state index contributed by atoms with van der Waals surface area (Å²) in [6.07, 6.45) is 10.4. The highest BCUT2D eigenvalue weighted by atomic mass is 32.3. The number of amides is 1. The van der Waals surface area contributed by atoms with Crippen LogP contribution in [0, 0.1) is 0 Å². The first-order valence-electron chi connectivity index (χ1n) is 5.16. The van der Waals surface area contributed by atoms with Crippen molar-refractivity contribution in [3.8, 4) is 0 Å². The number of nitrogens with zero attached hydrogens (tertiary/aromatic N) is 1. The second-order valence-corrected chi connectivity index (χ2v) is 7.26. The third-order valence-electron chi connectivity index (χ3n) is 2.68. The third-order valence-corrected chi connectivity index (χ3v) is 7.89. The van der Waals surface area contributed by atoms with Gasteiger partial charge in [-0.1, -0.05) is 6.42 Å². The lowest BCUT2D eigenvalue weighted by Gasteiger charge is -2.39. The zero-order valence-corrected chi connectivity index (χ0v) is 12.1. The lowest BCUT2D eigenvalue weighted by molar-refractivity contribution is -0.130.